The standard InChI is InChI=1S/C12H13BrO2/c13-11-6-2-1-5-10(11)12(14)9-4-3-7-15-8-9/h1-2,5-6,8,12,14H,3-4,7H2. The van der Waals surface area contributed by atoms with Crippen LogP contribution in [0.5, 0.6) is 0 Å². The van der Waals surface area contributed by atoms with Crippen molar-refractivity contribution in [2.24, 2.45) is 0 Å². The van der Waals surface area contributed by atoms with Gasteiger partial charge in [-0.3, -0.25) is 0 Å². The van der Waals surface area contributed by atoms with Crippen molar-refractivity contribution in [3.05, 3.63) is 46.1 Å². The predicted molar refractivity (Wildman–Crippen MR) is 62.4 cm³/mol. The van der Waals surface area contributed by atoms with Crippen molar-refractivity contribution in [3.8, 4) is 0 Å². The molecule has 0 radical (unpaired) electrons. The van der Waals surface area contributed by atoms with E-state index in [1.165, 1.54) is 0 Å². The zero-order chi connectivity index (χ0) is 10.7. The van der Waals surface area contributed by atoms with E-state index in [0.717, 1.165) is 35.1 Å². The second-order valence-corrected chi connectivity index (χ2v) is 4.45. The average Bonchev–Trinajstić information content (AvgIpc) is 2.30. The van der Waals surface area contributed by atoms with E-state index >= 15 is 0 Å². The number of aliphatic hydroxyl groups is 1. The van der Waals surface area contributed by atoms with Crippen LogP contribution in [0.25, 0.3) is 0 Å². The molecule has 1 heterocycles. The third-order valence-corrected chi connectivity index (χ3v) is 3.24. The van der Waals surface area contributed by atoms with Crippen LogP contribution in [0.15, 0.2) is 40.6 Å². The van der Waals surface area contributed by atoms with Gasteiger partial charge in [0, 0.05) is 4.47 Å². The molecule has 3 heteroatoms. The molecule has 15 heavy (non-hydrogen) atoms. The van der Waals surface area contributed by atoms with E-state index in [0.29, 0.717) is 0 Å². The Morgan fingerprint density at radius 2 is 2.13 bits per heavy atom. The van der Waals surface area contributed by atoms with Crippen molar-refractivity contribution in [2.45, 2.75) is 18.9 Å². The van der Waals surface area contributed by atoms with Gasteiger partial charge in [-0.25, -0.2) is 0 Å². The zero-order valence-electron chi connectivity index (χ0n) is 8.32. The largest absolute Gasteiger partial charge is 0.501 e. The topological polar surface area (TPSA) is 29.5 Å². The quantitative estimate of drug-likeness (QED) is 0.893. The highest BCUT2D eigenvalue weighted by atomic mass is 79.9. The summed E-state index contributed by atoms with van der Waals surface area (Å²) < 4.78 is 6.16. The molecule has 0 bridgehead atoms. The molecule has 80 valence electrons. The molecule has 1 aliphatic heterocycles. The summed E-state index contributed by atoms with van der Waals surface area (Å²) in [6.45, 7) is 0.756. The molecular formula is C12H13BrO2. The normalized spacial score (nSPS) is 17.9. The maximum absolute atomic E-state index is 10.1. The minimum atomic E-state index is -0.555. The zero-order valence-corrected chi connectivity index (χ0v) is 9.90. The number of aliphatic hydroxyl groups excluding tert-OH is 1. The van der Waals surface area contributed by atoms with E-state index in [1.54, 1.807) is 6.26 Å². The number of benzene rings is 1. The fourth-order valence-electron chi connectivity index (χ4n) is 1.68. The third-order valence-electron chi connectivity index (χ3n) is 2.51. The van der Waals surface area contributed by atoms with Crippen LogP contribution < -0.4 is 0 Å². The third kappa shape index (κ3) is 2.41. The molecule has 1 unspecified atom stereocenters. The average molecular weight is 269 g/mol. The highest BCUT2D eigenvalue weighted by Gasteiger charge is 2.17. The molecule has 0 aliphatic carbocycles. The Bertz CT molecular complexity index is 374. The summed E-state index contributed by atoms with van der Waals surface area (Å²) in [5, 5.41) is 10.1. The summed E-state index contributed by atoms with van der Waals surface area (Å²) >= 11 is 3.44. The van der Waals surface area contributed by atoms with Gasteiger partial charge in [0.05, 0.1) is 12.9 Å². The van der Waals surface area contributed by atoms with Gasteiger partial charge in [0.2, 0.25) is 0 Å². The number of rotatable bonds is 2. The molecule has 0 fully saturated rings. The molecule has 2 rings (SSSR count). The fraction of sp³-hybridized carbons (Fsp3) is 0.333. The molecule has 1 aromatic carbocycles. The van der Waals surface area contributed by atoms with Gasteiger partial charge in [-0.1, -0.05) is 34.1 Å². The molecule has 0 amide bonds. The number of halogens is 1. The first kappa shape index (κ1) is 10.7. The lowest BCUT2D eigenvalue weighted by molar-refractivity contribution is 0.170. The highest BCUT2D eigenvalue weighted by molar-refractivity contribution is 9.10. The van der Waals surface area contributed by atoms with Crippen LogP contribution in [0.1, 0.15) is 24.5 Å². The Balaban J connectivity index is 2.23. The summed E-state index contributed by atoms with van der Waals surface area (Å²) in [6, 6.07) is 7.71. The molecule has 0 spiro atoms. The summed E-state index contributed by atoms with van der Waals surface area (Å²) in [4.78, 5) is 0. The van der Waals surface area contributed by atoms with Gasteiger partial charge in [-0.05, 0) is 30.0 Å². The van der Waals surface area contributed by atoms with Crippen molar-refractivity contribution in [2.75, 3.05) is 6.61 Å². The molecule has 1 aliphatic rings. The summed E-state index contributed by atoms with van der Waals surface area (Å²) in [5.41, 5.74) is 1.85. The lowest BCUT2D eigenvalue weighted by atomic mass is 9.98. The molecule has 1 atom stereocenters. The fourth-order valence-corrected chi connectivity index (χ4v) is 2.18. The molecule has 0 aromatic heterocycles. The van der Waals surface area contributed by atoms with E-state index in [1.807, 2.05) is 24.3 Å². The Morgan fingerprint density at radius 3 is 2.80 bits per heavy atom. The lowest BCUT2D eigenvalue weighted by Gasteiger charge is -2.19. The van der Waals surface area contributed by atoms with E-state index in [2.05, 4.69) is 15.9 Å². The Morgan fingerprint density at radius 1 is 1.33 bits per heavy atom. The first-order valence-electron chi connectivity index (χ1n) is 5.02. The van der Waals surface area contributed by atoms with Gasteiger partial charge < -0.3 is 9.84 Å². The molecule has 2 nitrogen and oxygen atoms in total. The summed E-state index contributed by atoms with van der Waals surface area (Å²) in [7, 11) is 0. The number of hydrogen-bond donors (Lipinski definition) is 1. The van der Waals surface area contributed by atoms with Crippen LogP contribution in [-0.2, 0) is 4.74 Å². The maximum atomic E-state index is 10.1. The first-order valence-corrected chi connectivity index (χ1v) is 5.81. The Kier molecular flexibility index (Phi) is 3.44. The van der Waals surface area contributed by atoms with Crippen molar-refractivity contribution in [1.29, 1.82) is 0 Å². The van der Waals surface area contributed by atoms with Gasteiger partial charge in [-0.2, -0.15) is 0 Å². The number of hydrogen-bond acceptors (Lipinski definition) is 2. The van der Waals surface area contributed by atoms with Crippen LogP contribution in [0.4, 0.5) is 0 Å². The van der Waals surface area contributed by atoms with Gasteiger partial charge in [-0.15, -0.1) is 0 Å². The number of ether oxygens (including phenoxy) is 1. The molecule has 0 saturated carbocycles. The molecule has 1 N–H and O–H groups in total. The van der Waals surface area contributed by atoms with E-state index in [9.17, 15) is 5.11 Å². The van der Waals surface area contributed by atoms with Crippen LogP contribution >= 0.6 is 15.9 Å². The van der Waals surface area contributed by atoms with Gasteiger partial charge in [0.25, 0.3) is 0 Å². The predicted octanol–water partition coefficient (Wildman–Crippen LogP) is 3.18. The second-order valence-electron chi connectivity index (χ2n) is 3.59. The van der Waals surface area contributed by atoms with Crippen LogP contribution in [0, 0.1) is 0 Å². The van der Waals surface area contributed by atoms with E-state index < -0.39 is 6.10 Å². The minimum absolute atomic E-state index is 0.555. The maximum Gasteiger partial charge on any atom is 0.104 e. The van der Waals surface area contributed by atoms with Crippen molar-refractivity contribution >= 4 is 15.9 Å². The van der Waals surface area contributed by atoms with Crippen molar-refractivity contribution in [1.82, 2.24) is 0 Å². The van der Waals surface area contributed by atoms with Crippen LogP contribution in [0.2, 0.25) is 0 Å². The van der Waals surface area contributed by atoms with E-state index in [-0.39, 0.29) is 0 Å². The Labute approximate surface area is 97.7 Å². The molecule has 0 saturated heterocycles. The smallest absolute Gasteiger partial charge is 0.104 e. The highest BCUT2D eigenvalue weighted by Crippen LogP contribution is 2.31. The SMILES string of the molecule is OC(C1=COCCC1)c1ccccc1Br. The lowest BCUT2D eigenvalue weighted by Crippen LogP contribution is -2.08. The molecule has 1 aromatic rings. The van der Waals surface area contributed by atoms with Gasteiger partial charge >= 0.3 is 0 Å². The van der Waals surface area contributed by atoms with E-state index in [4.69, 9.17) is 4.74 Å². The molecular weight excluding hydrogens is 256 g/mol. The monoisotopic (exact) mass is 268 g/mol. The summed E-state index contributed by atoms with van der Waals surface area (Å²) in [6.07, 6.45) is 3.02. The van der Waals surface area contributed by atoms with Gasteiger partial charge in [0.15, 0.2) is 0 Å². The Hall–Kier alpha value is -0.800. The second kappa shape index (κ2) is 4.81. The van der Waals surface area contributed by atoms with Crippen molar-refractivity contribution < 1.29 is 9.84 Å². The van der Waals surface area contributed by atoms with Crippen LogP contribution in [-0.4, -0.2) is 11.7 Å². The first-order chi connectivity index (χ1) is 7.29. The van der Waals surface area contributed by atoms with Gasteiger partial charge in [0.1, 0.15) is 6.10 Å². The minimum Gasteiger partial charge on any atom is -0.501 e. The van der Waals surface area contributed by atoms with Crippen LogP contribution in [0.3, 0.4) is 0 Å². The van der Waals surface area contributed by atoms with Crippen molar-refractivity contribution in [3.63, 3.8) is 0 Å². The summed E-state index contributed by atoms with van der Waals surface area (Å²) in [5.74, 6) is 0.